The van der Waals surface area contributed by atoms with Gasteiger partial charge in [-0.25, -0.2) is 4.79 Å². The van der Waals surface area contributed by atoms with Crippen LogP contribution in [0, 0.1) is 11.8 Å². The van der Waals surface area contributed by atoms with Gasteiger partial charge >= 0.3 is 5.97 Å². The summed E-state index contributed by atoms with van der Waals surface area (Å²) in [5.74, 6) is -1.90. The molecule has 2 aliphatic rings. The second-order valence-corrected chi connectivity index (χ2v) is 9.09. The maximum Gasteiger partial charge on any atom is 0.328 e. The van der Waals surface area contributed by atoms with Crippen LogP contribution < -0.4 is 16.0 Å². The Hall–Kier alpha value is -2.60. The molecule has 176 valence electrons. The zero-order valence-electron chi connectivity index (χ0n) is 17.9. The molecule has 0 spiro atoms. The number of amides is 3. The van der Waals surface area contributed by atoms with Crippen LogP contribution in [-0.2, 0) is 14.4 Å². The summed E-state index contributed by atoms with van der Waals surface area (Å²) in [5.41, 5.74) is 0. The Kier molecular flexibility index (Phi) is 8.91. The Balaban J connectivity index is 1.44. The van der Waals surface area contributed by atoms with E-state index in [1.54, 1.807) is 4.90 Å². The summed E-state index contributed by atoms with van der Waals surface area (Å²) < 4.78 is 3.57. The standard InChI is InChI=1S/C20H30N6O5S/c27-17(4-3-13-5-7-21-8-6-13)26-9-1-2-14(12-26)18(28)22-10-15(20(30)31)24-19(29)16-11-23-25-32-16/h11,13-15,21H,1-10,12H2,(H,22,28)(H,24,29)(H,30,31)/t14-,15?/m1/s1. The second kappa shape index (κ2) is 11.9. The Morgan fingerprint density at radius 3 is 2.72 bits per heavy atom. The second-order valence-electron chi connectivity index (χ2n) is 8.30. The third-order valence-electron chi connectivity index (χ3n) is 6.04. The normalized spacial score (nSPS) is 20.4. The first kappa shape index (κ1) is 24.1. The SMILES string of the molecule is O=C(NC(CNC(=O)[C@@H]1CCCN(C(=O)CCC2CCNCC2)C1)C(=O)O)c1cnns1. The topological polar surface area (TPSA) is 154 Å². The van der Waals surface area contributed by atoms with Gasteiger partial charge in [0.25, 0.3) is 5.91 Å². The van der Waals surface area contributed by atoms with Crippen LogP contribution in [0.4, 0.5) is 0 Å². The number of aliphatic carboxylic acids is 1. The van der Waals surface area contributed by atoms with E-state index < -0.39 is 17.9 Å². The Bertz CT molecular complexity index is 798. The fourth-order valence-corrected chi connectivity index (χ4v) is 4.54. The van der Waals surface area contributed by atoms with E-state index in [-0.39, 0.29) is 29.2 Å². The predicted molar refractivity (Wildman–Crippen MR) is 116 cm³/mol. The zero-order chi connectivity index (χ0) is 22.9. The lowest BCUT2D eigenvalue weighted by molar-refractivity contribution is -0.139. The lowest BCUT2D eigenvalue weighted by Gasteiger charge is -2.33. The lowest BCUT2D eigenvalue weighted by atomic mass is 9.92. The molecule has 4 N–H and O–H groups in total. The van der Waals surface area contributed by atoms with Gasteiger partial charge in [0.15, 0.2) is 0 Å². The first-order chi connectivity index (χ1) is 15.4. The van der Waals surface area contributed by atoms with Crippen molar-refractivity contribution in [1.82, 2.24) is 30.4 Å². The van der Waals surface area contributed by atoms with Crippen LogP contribution in [0.5, 0.6) is 0 Å². The minimum absolute atomic E-state index is 0.0786. The van der Waals surface area contributed by atoms with Crippen LogP contribution in [0.3, 0.4) is 0 Å². The van der Waals surface area contributed by atoms with Gasteiger partial charge in [0.1, 0.15) is 10.9 Å². The molecule has 0 saturated carbocycles. The first-order valence-corrected chi connectivity index (χ1v) is 11.8. The number of likely N-dealkylation sites (tertiary alicyclic amines) is 1. The van der Waals surface area contributed by atoms with E-state index in [1.807, 2.05) is 0 Å². The minimum Gasteiger partial charge on any atom is -0.480 e. The van der Waals surface area contributed by atoms with Gasteiger partial charge in [0.05, 0.1) is 12.1 Å². The number of hydrogen-bond donors (Lipinski definition) is 4. The average Bonchev–Trinajstić information content (AvgIpc) is 3.35. The van der Waals surface area contributed by atoms with E-state index in [0.29, 0.717) is 31.8 Å². The molecule has 3 heterocycles. The number of carbonyl (C=O) groups excluding carboxylic acids is 3. The molecule has 12 heteroatoms. The molecule has 3 rings (SSSR count). The molecule has 32 heavy (non-hydrogen) atoms. The molecule has 1 aromatic rings. The number of nitrogens with one attached hydrogen (secondary N) is 3. The molecule has 0 aliphatic carbocycles. The van der Waals surface area contributed by atoms with E-state index in [2.05, 4.69) is 25.5 Å². The summed E-state index contributed by atoms with van der Waals surface area (Å²) in [4.78, 5) is 50.8. The van der Waals surface area contributed by atoms with Gasteiger partial charge in [-0.3, -0.25) is 14.4 Å². The predicted octanol–water partition coefficient (Wildman–Crippen LogP) is -0.144. The Morgan fingerprint density at radius 2 is 2.03 bits per heavy atom. The third kappa shape index (κ3) is 6.95. The highest BCUT2D eigenvalue weighted by molar-refractivity contribution is 7.07. The first-order valence-electron chi connectivity index (χ1n) is 11.0. The van der Waals surface area contributed by atoms with Gasteiger partial charge in [-0.15, -0.1) is 5.10 Å². The Morgan fingerprint density at radius 1 is 1.25 bits per heavy atom. The van der Waals surface area contributed by atoms with Crippen molar-refractivity contribution in [3.8, 4) is 0 Å². The number of carbonyl (C=O) groups is 4. The molecule has 0 radical (unpaired) electrons. The zero-order valence-corrected chi connectivity index (χ0v) is 18.7. The molecule has 2 saturated heterocycles. The van der Waals surface area contributed by atoms with Crippen LogP contribution >= 0.6 is 11.5 Å². The number of carboxylic acids is 1. The number of aromatic nitrogens is 2. The highest BCUT2D eigenvalue weighted by Gasteiger charge is 2.30. The minimum atomic E-state index is -1.28. The lowest BCUT2D eigenvalue weighted by Crippen LogP contribution is -2.51. The number of rotatable bonds is 9. The third-order valence-corrected chi connectivity index (χ3v) is 6.70. The number of nitrogens with zero attached hydrogens (tertiary/aromatic N) is 3. The molecule has 2 aliphatic heterocycles. The molecular formula is C20H30N6O5S. The number of hydrogen-bond acceptors (Lipinski definition) is 8. The van der Waals surface area contributed by atoms with Crippen LogP contribution in [0.25, 0.3) is 0 Å². The average molecular weight is 467 g/mol. The van der Waals surface area contributed by atoms with Crippen molar-refractivity contribution in [1.29, 1.82) is 0 Å². The molecule has 11 nitrogen and oxygen atoms in total. The summed E-state index contributed by atoms with van der Waals surface area (Å²) in [6.07, 6.45) is 6.19. The van der Waals surface area contributed by atoms with E-state index in [4.69, 9.17) is 0 Å². The number of piperidine rings is 2. The van der Waals surface area contributed by atoms with Crippen molar-refractivity contribution in [2.75, 3.05) is 32.7 Å². The quantitative estimate of drug-likeness (QED) is 0.392. The van der Waals surface area contributed by atoms with Crippen molar-refractivity contribution in [3.05, 3.63) is 11.1 Å². The van der Waals surface area contributed by atoms with Crippen molar-refractivity contribution in [2.45, 2.75) is 44.6 Å². The van der Waals surface area contributed by atoms with E-state index in [1.165, 1.54) is 6.20 Å². The fraction of sp³-hybridized carbons (Fsp3) is 0.700. The van der Waals surface area contributed by atoms with E-state index >= 15 is 0 Å². The van der Waals surface area contributed by atoms with Gasteiger partial charge in [-0.2, -0.15) is 0 Å². The molecular weight excluding hydrogens is 436 g/mol. The Labute approximate surface area is 190 Å². The van der Waals surface area contributed by atoms with E-state index in [0.717, 1.165) is 50.3 Å². The highest BCUT2D eigenvalue weighted by Crippen LogP contribution is 2.21. The van der Waals surface area contributed by atoms with Crippen LogP contribution in [0.2, 0.25) is 0 Å². The fourth-order valence-electron chi connectivity index (χ4n) is 4.12. The molecule has 0 aromatic carbocycles. The molecule has 3 amide bonds. The monoisotopic (exact) mass is 466 g/mol. The van der Waals surface area contributed by atoms with Gasteiger partial charge in [-0.05, 0) is 62.6 Å². The van der Waals surface area contributed by atoms with E-state index in [9.17, 15) is 24.3 Å². The summed E-state index contributed by atoms with van der Waals surface area (Å²) in [6, 6.07) is -1.28. The summed E-state index contributed by atoms with van der Waals surface area (Å²) >= 11 is 0.854. The largest absolute Gasteiger partial charge is 0.480 e. The van der Waals surface area contributed by atoms with Gasteiger partial charge < -0.3 is 26.0 Å². The van der Waals surface area contributed by atoms with Crippen molar-refractivity contribution < 1.29 is 24.3 Å². The highest BCUT2D eigenvalue weighted by atomic mass is 32.1. The smallest absolute Gasteiger partial charge is 0.328 e. The maximum absolute atomic E-state index is 12.6. The molecule has 2 fully saturated rings. The summed E-state index contributed by atoms with van der Waals surface area (Å²) in [6.45, 7) is 2.75. The van der Waals surface area contributed by atoms with Crippen LogP contribution in [0.1, 0.15) is 48.2 Å². The van der Waals surface area contributed by atoms with Gasteiger partial charge in [0.2, 0.25) is 11.8 Å². The maximum atomic E-state index is 12.6. The number of carboxylic acid groups (broad SMARTS) is 1. The van der Waals surface area contributed by atoms with Gasteiger partial charge in [0, 0.05) is 26.1 Å². The van der Waals surface area contributed by atoms with Crippen molar-refractivity contribution in [2.24, 2.45) is 11.8 Å². The van der Waals surface area contributed by atoms with Crippen LogP contribution in [0.15, 0.2) is 6.20 Å². The summed E-state index contributed by atoms with van der Waals surface area (Å²) in [5, 5.41) is 21.2. The molecule has 1 aromatic heterocycles. The molecule has 2 atom stereocenters. The van der Waals surface area contributed by atoms with Crippen molar-refractivity contribution in [3.63, 3.8) is 0 Å². The summed E-state index contributed by atoms with van der Waals surface area (Å²) in [7, 11) is 0. The molecule has 1 unspecified atom stereocenters. The van der Waals surface area contributed by atoms with Gasteiger partial charge in [-0.1, -0.05) is 4.49 Å². The van der Waals surface area contributed by atoms with Crippen LogP contribution in [-0.4, -0.2) is 82.0 Å². The molecule has 0 bridgehead atoms. The van der Waals surface area contributed by atoms with Crippen molar-refractivity contribution >= 4 is 35.2 Å².